The molecule has 5 rings (SSSR count). The summed E-state index contributed by atoms with van der Waals surface area (Å²) >= 11 is 0. The summed E-state index contributed by atoms with van der Waals surface area (Å²) in [6.07, 6.45) is 9.83. The van der Waals surface area contributed by atoms with Crippen molar-refractivity contribution in [2.24, 2.45) is 0 Å². The van der Waals surface area contributed by atoms with Crippen LogP contribution < -0.4 is 10.9 Å². The van der Waals surface area contributed by atoms with Crippen molar-refractivity contribution in [2.75, 3.05) is 13.1 Å². The summed E-state index contributed by atoms with van der Waals surface area (Å²) in [4.78, 5) is 21.2. The van der Waals surface area contributed by atoms with Gasteiger partial charge in [0.2, 0.25) is 0 Å². The molecule has 0 aliphatic carbocycles. The van der Waals surface area contributed by atoms with Gasteiger partial charge in [-0.2, -0.15) is 10.2 Å². The minimum atomic E-state index is -0.119. The average Bonchev–Trinajstić information content (AvgIpc) is 3.33. The lowest BCUT2D eigenvalue weighted by molar-refractivity contribution is 0.343. The van der Waals surface area contributed by atoms with Crippen molar-refractivity contribution in [3.8, 4) is 22.5 Å². The molecule has 32 heavy (non-hydrogen) atoms. The molecule has 1 saturated heterocycles. The molecule has 4 heterocycles. The van der Waals surface area contributed by atoms with Gasteiger partial charge in [-0.1, -0.05) is 18.2 Å². The maximum atomic E-state index is 12.1. The van der Waals surface area contributed by atoms with Crippen molar-refractivity contribution in [1.29, 1.82) is 0 Å². The second kappa shape index (κ2) is 8.84. The fraction of sp³-hybridized carbons (Fsp3) is 0.292. The molecule has 1 aliphatic rings. The third-order valence-electron chi connectivity index (χ3n) is 5.79. The Bertz CT molecular complexity index is 1270. The van der Waals surface area contributed by atoms with Crippen molar-refractivity contribution in [2.45, 2.75) is 32.4 Å². The van der Waals surface area contributed by atoms with Crippen LogP contribution in [0, 0.1) is 6.92 Å². The Hall–Kier alpha value is -3.65. The van der Waals surface area contributed by atoms with Crippen LogP contribution in [-0.4, -0.2) is 42.6 Å². The molecule has 3 aromatic heterocycles. The van der Waals surface area contributed by atoms with E-state index in [4.69, 9.17) is 0 Å². The molecule has 0 saturated carbocycles. The largest absolute Gasteiger partial charge is 0.317 e. The predicted octanol–water partition coefficient (Wildman–Crippen LogP) is 2.85. The van der Waals surface area contributed by atoms with Gasteiger partial charge in [0.05, 0.1) is 24.5 Å². The molecular formula is C24H25N7O. The number of benzene rings is 1. The van der Waals surface area contributed by atoms with Gasteiger partial charge in [0.15, 0.2) is 5.82 Å². The van der Waals surface area contributed by atoms with E-state index in [9.17, 15) is 4.79 Å². The van der Waals surface area contributed by atoms with Crippen LogP contribution in [0.1, 0.15) is 30.1 Å². The van der Waals surface area contributed by atoms with Crippen molar-refractivity contribution in [3.63, 3.8) is 0 Å². The maximum Gasteiger partial charge on any atom is 0.267 e. The molecule has 0 bridgehead atoms. The van der Waals surface area contributed by atoms with E-state index in [1.165, 1.54) is 4.68 Å². The monoisotopic (exact) mass is 427 g/mol. The summed E-state index contributed by atoms with van der Waals surface area (Å²) in [5.41, 5.74) is 4.53. The minimum Gasteiger partial charge on any atom is -0.317 e. The van der Waals surface area contributed by atoms with Gasteiger partial charge in [-0.3, -0.25) is 9.48 Å². The minimum absolute atomic E-state index is 0.119. The highest BCUT2D eigenvalue weighted by atomic mass is 16.1. The van der Waals surface area contributed by atoms with Crippen LogP contribution in [0.15, 0.2) is 66.0 Å². The molecule has 1 aromatic carbocycles. The average molecular weight is 428 g/mol. The zero-order chi connectivity index (χ0) is 21.9. The lowest BCUT2D eigenvalue weighted by atomic mass is 10.1. The summed E-state index contributed by atoms with van der Waals surface area (Å²) in [7, 11) is 0. The van der Waals surface area contributed by atoms with E-state index in [0.717, 1.165) is 53.9 Å². The van der Waals surface area contributed by atoms with Crippen molar-refractivity contribution in [1.82, 2.24) is 34.8 Å². The molecule has 0 unspecified atom stereocenters. The number of aryl methyl sites for hydroxylation is 1. The first kappa shape index (κ1) is 20.3. The Morgan fingerprint density at radius 1 is 1.00 bits per heavy atom. The van der Waals surface area contributed by atoms with Crippen LogP contribution in [0.25, 0.3) is 22.5 Å². The number of aromatic nitrogens is 6. The first-order chi connectivity index (χ1) is 15.7. The maximum absolute atomic E-state index is 12.1. The van der Waals surface area contributed by atoms with Crippen LogP contribution >= 0.6 is 0 Å². The second-order valence-corrected chi connectivity index (χ2v) is 8.16. The standard InChI is InChI=1S/C24H25N7O/c1-17-5-6-23(32)31(29-17)15-18-3-2-4-19(11-18)24-26-12-20(13-27-24)21-14-28-30(16-21)22-7-9-25-10-8-22/h2-6,11-14,16,22,25H,7-10,15H2,1H3. The summed E-state index contributed by atoms with van der Waals surface area (Å²) in [5, 5.41) is 12.3. The van der Waals surface area contributed by atoms with E-state index in [-0.39, 0.29) is 5.56 Å². The number of hydrogen-bond acceptors (Lipinski definition) is 6. The molecule has 0 spiro atoms. The Morgan fingerprint density at radius 2 is 1.81 bits per heavy atom. The summed E-state index contributed by atoms with van der Waals surface area (Å²) in [5.74, 6) is 0.644. The van der Waals surface area contributed by atoms with Gasteiger partial charge in [0.1, 0.15) is 0 Å². The highest BCUT2D eigenvalue weighted by molar-refractivity contribution is 5.62. The SMILES string of the molecule is Cc1ccc(=O)n(Cc2cccc(-c3ncc(-c4cnn(C5CCNCC5)c4)cn3)c2)n1. The topological polar surface area (TPSA) is 90.5 Å². The van der Waals surface area contributed by atoms with E-state index in [1.807, 2.05) is 49.8 Å². The number of nitrogens with one attached hydrogen (secondary N) is 1. The van der Waals surface area contributed by atoms with Gasteiger partial charge in [0.25, 0.3) is 5.56 Å². The van der Waals surface area contributed by atoms with Crippen LogP contribution in [0.5, 0.6) is 0 Å². The molecule has 8 heteroatoms. The molecule has 0 amide bonds. The first-order valence-corrected chi connectivity index (χ1v) is 10.9. The Kier molecular flexibility index (Phi) is 5.60. The molecule has 162 valence electrons. The van der Waals surface area contributed by atoms with Crippen molar-refractivity contribution < 1.29 is 0 Å². The predicted molar refractivity (Wildman–Crippen MR) is 122 cm³/mol. The third-order valence-corrected chi connectivity index (χ3v) is 5.79. The Balaban J connectivity index is 1.34. The van der Waals surface area contributed by atoms with E-state index < -0.39 is 0 Å². The molecular weight excluding hydrogens is 402 g/mol. The lowest BCUT2D eigenvalue weighted by Gasteiger charge is -2.22. The summed E-state index contributed by atoms with van der Waals surface area (Å²) in [6, 6.07) is 11.6. The van der Waals surface area contributed by atoms with Crippen molar-refractivity contribution >= 4 is 0 Å². The second-order valence-electron chi connectivity index (χ2n) is 8.16. The van der Waals surface area contributed by atoms with E-state index >= 15 is 0 Å². The van der Waals surface area contributed by atoms with Crippen molar-refractivity contribution in [3.05, 3.63) is 82.8 Å². The summed E-state index contributed by atoms with van der Waals surface area (Å²) < 4.78 is 3.53. The van der Waals surface area contributed by atoms with E-state index in [1.54, 1.807) is 12.1 Å². The zero-order valence-electron chi connectivity index (χ0n) is 18.0. The van der Waals surface area contributed by atoms with Gasteiger partial charge in [-0.05, 0) is 50.6 Å². The fourth-order valence-corrected chi connectivity index (χ4v) is 4.03. The molecule has 8 nitrogen and oxygen atoms in total. The molecule has 1 fully saturated rings. The van der Waals surface area contributed by atoms with E-state index in [0.29, 0.717) is 18.4 Å². The van der Waals surface area contributed by atoms with Gasteiger partial charge in [-0.15, -0.1) is 0 Å². The summed E-state index contributed by atoms with van der Waals surface area (Å²) in [6.45, 7) is 4.34. The van der Waals surface area contributed by atoms with Crippen LogP contribution in [0.4, 0.5) is 0 Å². The quantitative estimate of drug-likeness (QED) is 0.527. The highest BCUT2D eigenvalue weighted by Crippen LogP contribution is 2.24. The number of nitrogens with zero attached hydrogens (tertiary/aromatic N) is 6. The van der Waals surface area contributed by atoms with Gasteiger partial charge < -0.3 is 5.32 Å². The third kappa shape index (κ3) is 4.36. The lowest BCUT2D eigenvalue weighted by Crippen LogP contribution is -2.29. The number of rotatable bonds is 5. The number of hydrogen-bond donors (Lipinski definition) is 1. The molecule has 1 N–H and O–H groups in total. The fourth-order valence-electron chi connectivity index (χ4n) is 4.03. The smallest absolute Gasteiger partial charge is 0.267 e. The van der Waals surface area contributed by atoms with Crippen LogP contribution in [0.3, 0.4) is 0 Å². The molecule has 0 atom stereocenters. The van der Waals surface area contributed by atoms with E-state index in [2.05, 4.69) is 36.4 Å². The first-order valence-electron chi connectivity index (χ1n) is 10.9. The molecule has 0 radical (unpaired) electrons. The van der Waals surface area contributed by atoms with Crippen LogP contribution in [0.2, 0.25) is 0 Å². The molecule has 4 aromatic rings. The highest BCUT2D eigenvalue weighted by Gasteiger charge is 2.16. The van der Waals surface area contributed by atoms with Gasteiger partial charge in [-0.25, -0.2) is 14.6 Å². The van der Waals surface area contributed by atoms with Gasteiger partial charge in [0, 0.05) is 41.3 Å². The number of piperidine rings is 1. The Labute approximate surface area is 186 Å². The molecule has 1 aliphatic heterocycles. The zero-order valence-corrected chi connectivity index (χ0v) is 18.0. The van der Waals surface area contributed by atoms with Crippen LogP contribution in [-0.2, 0) is 6.54 Å². The Morgan fingerprint density at radius 3 is 2.62 bits per heavy atom. The van der Waals surface area contributed by atoms with Gasteiger partial charge >= 0.3 is 0 Å². The normalized spacial score (nSPS) is 14.5.